The van der Waals surface area contributed by atoms with Crippen LogP contribution in [0.1, 0.15) is 46.0 Å². The van der Waals surface area contributed by atoms with Crippen molar-refractivity contribution in [2.24, 2.45) is 5.92 Å². The van der Waals surface area contributed by atoms with E-state index in [2.05, 4.69) is 4.90 Å². The summed E-state index contributed by atoms with van der Waals surface area (Å²) in [4.78, 5) is 20.0. The average Bonchev–Trinajstić information content (AvgIpc) is 3.16. The summed E-state index contributed by atoms with van der Waals surface area (Å²) in [5.41, 5.74) is 2.25. The van der Waals surface area contributed by atoms with Crippen LogP contribution in [0.3, 0.4) is 0 Å². The maximum absolute atomic E-state index is 13.8. The Morgan fingerprint density at radius 3 is 2.68 bits per heavy atom. The zero-order valence-corrected chi connectivity index (χ0v) is 20.8. The van der Waals surface area contributed by atoms with Crippen LogP contribution in [-0.2, 0) is 11.3 Å². The van der Waals surface area contributed by atoms with Crippen LogP contribution in [0.15, 0.2) is 36.4 Å². The fourth-order valence-electron chi connectivity index (χ4n) is 4.57. The normalized spacial score (nSPS) is 14.7. The van der Waals surface area contributed by atoms with E-state index in [-0.39, 0.29) is 23.3 Å². The molecule has 0 N–H and O–H groups in total. The molecule has 1 aromatic heterocycles. The number of Topliss-reactive ketones (excluding diaryl/α,β-unsaturated/α-hetero) is 1. The fourth-order valence-corrected chi connectivity index (χ4v) is 4.75. The number of carbonyl (C=O) groups is 1. The Kier molecular flexibility index (Phi) is 8.22. The van der Waals surface area contributed by atoms with Crippen LogP contribution in [0.4, 0.5) is 4.39 Å². The van der Waals surface area contributed by atoms with E-state index in [9.17, 15) is 9.18 Å². The van der Waals surface area contributed by atoms with Gasteiger partial charge in [-0.3, -0.25) is 4.79 Å². The summed E-state index contributed by atoms with van der Waals surface area (Å²) in [5.74, 6) is 1.27. The minimum atomic E-state index is -0.482. The van der Waals surface area contributed by atoms with E-state index in [0.29, 0.717) is 24.4 Å². The quantitative estimate of drug-likeness (QED) is 0.313. The molecule has 2 aromatic carbocycles. The number of carbonyl (C=O) groups excluding carboxylic acids is 1. The topological polar surface area (TPSA) is 47.4 Å². The van der Waals surface area contributed by atoms with Gasteiger partial charge in [0.05, 0.1) is 29.2 Å². The van der Waals surface area contributed by atoms with Crippen LogP contribution in [-0.4, -0.2) is 46.5 Å². The third-order valence-corrected chi connectivity index (χ3v) is 6.49. The summed E-state index contributed by atoms with van der Waals surface area (Å²) in [6.07, 6.45) is 5.40. The van der Waals surface area contributed by atoms with Gasteiger partial charge in [-0.15, -0.1) is 0 Å². The second-order valence-corrected chi connectivity index (χ2v) is 9.95. The number of ether oxygens (including phenoxy) is 1. The van der Waals surface area contributed by atoms with Crippen molar-refractivity contribution in [2.45, 2.75) is 52.5 Å². The predicted octanol–water partition coefficient (Wildman–Crippen LogP) is 6.37. The molecule has 1 aliphatic rings. The number of ketones is 1. The highest BCUT2D eigenvalue weighted by Gasteiger charge is 2.18. The largest absolute Gasteiger partial charge is 0.493 e. The van der Waals surface area contributed by atoms with Gasteiger partial charge >= 0.3 is 0 Å². The SMILES string of the molecule is CC(C)CC(=O)Cn1c(-c2ccc(F)c(Cl)c2)nc2cc(OCCCN3CCCCC3)ccc21. The number of halogens is 2. The van der Waals surface area contributed by atoms with Crippen LogP contribution in [0, 0.1) is 11.7 Å². The number of likely N-dealkylation sites (tertiary alicyclic amines) is 1. The monoisotopic (exact) mass is 485 g/mol. The van der Waals surface area contributed by atoms with Crippen molar-refractivity contribution >= 4 is 28.4 Å². The summed E-state index contributed by atoms with van der Waals surface area (Å²) in [7, 11) is 0. The molecular weight excluding hydrogens is 453 g/mol. The smallest absolute Gasteiger partial charge is 0.152 e. The Morgan fingerprint density at radius 1 is 1.15 bits per heavy atom. The molecule has 0 aliphatic carbocycles. The van der Waals surface area contributed by atoms with Crippen LogP contribution >= 0.6 is 11.6 Å². The molecule has 182 valence electrons. The molecule has 0 saturated carbocycles. The van der Waals surface area contributed by atoms with Crippen molar-refractivity contribution in [3.05, 3.63) is 47.2 Å². The number of hydrogen-bond donors (Lipinski definition) is 0. The Bertz CT molecular complexity index is 1140. The lowest BCUT2D eigenvalue weighted by atomic mass is 10.1. The number of imidazole rings is 1. The van der Waals surface area contributed by atoms with Gasteiger partial charge in [0.2, 0.25) is 0 Å². The number of nitrogens with zero attached hydrogens (tertiary/aromatic N) is 3. The number of benzene rings is 2. The van der Waals surface area contributed by atoms with Gasteiger partial charge in [0.25, 0.3) is 0 Å². The van der Waals surface area contributed by atoms with E-state index in [1.165, 1.54) is 38.4 Å². The minimum absolute atomic E-state index is 0.0299. The van der Waals surface area contributed by atoms with Gasteiger partial charge in [-0.1, -0.05) is 31.9 Å². The molecule has 0 bridgehead atoms. The molecule has 1 fully saturated rings. The Morgan fingerprint density at radius 2 is 1.94 bits per heavy atom. The lowest BCUT2D eigenvalue weighted by Gasteiger charge is -2.26. The third-order valence-electron chi connectivity index (χ3n) is 6.20. The number of hydrogen-bond acceptors (Lipinski definition) is 4. The van der Waals surface area contributed by atoms with E-state index in [1.54, 1.807) is 12.1 Å². The van der Waals surface area contributed by atoms with E-state index in [4.69, 9.17) is 21.3 Å². The maximum Gasteiger partial charge on any atom is 0.152 e. The molecule has 0 atom stereocenters. The van der Waals surface area contributed by atoms with Crippen molar-refractivity contribution < 1.29 is 13.9 Å². The highest BCUT2D eigenvalue weighted by atomic mass is 35.5. The fraction of sp³-hybridized carbons (Fsp3) is 0.481. The Labute approximate surface area is 205 Å². The van der Waals surface area contributed by atoms with Gasteiger partial charge in [0.1, 0.15) is 17.4 Å². The molecular formula is C27H33ClFN3O2. The molecule has 2 heterocycles. The van der Waals surface area contributed by atoms with Gasteiger partial charge in [-0.25, -0.2) is 9.37 Å². The summed E-state index contributed by atoms with van der Waals surface area (Å²) in [5, 5.41) is 0.0299. The first kappa shape index (κ1) is 24.7. The number of aromatic nitrogens is 2. The minimum Gasteiger partial charge on any atom is -0.493 e. The molecule has 1 saturated heterocycles. The Balaban J connectivity index is 1.54. The molecule has 4 rings (SSSR count). The molecule has 34 heavy (non-hydrogen) atoms. The van der Waals surface area contributed by atoms with Gasteiger partial charge in [-0.05, 0) is 68.6 Å². The van der Waals surface area contributed by atoms with E-state index in [1.807, 2.05) is 36.6 Å². The van der Waals surface area contributed by atoms with Gasteiger partial charge in [0.15, 0.2) is 5.78 Å². The van der Waals surface area contributed by atoms with Gasteiger partial charge in [0, 0.05) is 24.6 Å². The summed E-state index contributed by atoms with van der Waals surface area (Å²) >= 11 is 6.04. The van der Waals surface area contributed by atoms with Crippen molar-refractivity contribution in [3.63, 3.8) is 0 Å². The van der Waals surface area contributed by atoms with Crippen molar-refractivity contribution in [2.75, 3.05) is 26.2 Å². The van der Waals surface area contributed by atoms with Crippen LogP contribution in [0.5, 0.6) is 5.75 Å². The molecule has 0 unspecified atom stereocenters. The summed E-state index contributed by atoms with van der Waals surface area (Å²) < 4.78 is 21.7. The van der Waals surface area contributed by atoms with Crippen LogP contribution in [0.25, 0.3) is 22.4 Å². The van der Waals surface area contributed by atoms with Crippen LogP contribution < -0.4 is 4.74 Å². The van der Waals surface area contributed by atoms with Crippen molar-refractivity contribution in [1.82, 2.24) is 14.5 Å². The van der Waals surface area contributed by atoms with Crippen molar-refractivity contribution in [1.29, 1.82) is 0 Å². The number of piperidine rings is 1. The number of rotatable bonds is 10. The zero-order chi connectivity index (χ0) is 24.1. The molecule has 0 radical (unpaired) electrons. The lowest BCUT2D eigenvalue weighted by Crippen LogP contribution is -2.31. The van der Waals surface area contributed by atoms with Crippen LogP contribution in [0.2, 0.25) is 5.02 Å². The standard InChI is InChI=1S/C27H33ClFN3O2/c1-19(2)15-21(33)18-32-26-10-8-22(34-14-6-13-31-11-4-3-5-12-31)17-25(26)30-27(32)20-7-9-24(29)23(28)16-20/h7-10,16-17,19H,3-6,11-15,18H2,1-2H3. The second-order valence-electron chi connectivity index (χ2n) is 9.54. The molecule has 7 heteroatoms. The first-order valence-electron chi connectivity index (χ1n) is 12.2. The predicted molar refractivity (Wildman–Crippen MR) is 135 cm³/mol. The van der Waals surface area contributed by atoms with Gasteiger partial charge in [-0.2, -0.15) is 0 Å². The molecule has 5 nitrogen and oxygen atoms in total. The first-order chi connectivity index (χ1) is 16.4. The highest BCUT2D eigenvalue weighted by Crippen LogP contribution is 2.30. The first-order valence-corrected chi connectivity index (χ1v) is 12.6. The molecule has 1 aliphatic heterocycles. The summed E-state index contributed by atoms with van der Waals surface area (Å²) in [6.45, 7) is 8.35. The van der Waals surface area contributed by atoms with Crippen molar-refractivity contribution in [3.8, 4) is 17.1 Å². The highest BCUT2D eigenvalue weighted by molar-refractivity contribution is 6.31. The third kappa shape index (κ3) is 6.16. The van der Waals surface area contributed by atoms with E-state index in [0.717, 1.165) is 29.7 Å². The Hall–Kier alpha value is -2.44. The average molecular weight is 486 g/mol. The second kappa shape index (κ2) is 11.3. The molecule has 0 spiro atoms. The lowest BCUT2D eigenvalue weighted by molar-refractivity contribution is -0.120. The maximum atomic E-state index is 13.8. The van der Waals surface area contributed by atoms with E-state index >= 15 is 0 Å². The molecule has 0 amide bonds. The number of fused-ring (bicyclic) bond motifs is 1. The van der Waals surface area contributed by atoms with E-state index < -0.39 is 5.82 Å². The molecule has 3 aromatic rings. The summed E-state index contributed by atoms with van der Waals surface area (Å²) in [6, 6.07) is 10.3. The zero-order valence-electron chi connectivity index (χ0n) is 20.0. The van der Waals surface area contributed by atoms with Gasteiger partial charge < -0.3 is 14.2 Å².